The highest BCUT2D eigenvalue weighted by Gasteiger charge is 2.13. The van der Waals surface area contributed by atoms with Crippen LogP contribution in [-0.2, 0) is 0 Å². The molecule has 0 fully saturated rings. The molecule has 1 amide bonds. The Morgan fingerprint density at radius 2 is 2.24 bits per heavy atom. The van der Waals surface area contributed by atoms with E-state index in [4.69, 9.17) is 0 Å². The van der Waals surface area contributed by atoms with Crippen LogP contribution >= 0.6 is 0 Å². The Balaban J connectivity index is 2.22. The van der Waals surface area contributed by atoms with Gasteiger partial charge in [-0.1, -0.05) is 0 Å². The summed E-state index contributed by atoms with van der Waals surface area (Å²) in [6.45, 7) is 1.78. The summed E-state index contributed by atoms with van der Waals surface area (Å²) in [6.07, 6.45) is 0. The fourth-order valence-corrected chi connectivity index (χ4v) is 1.36. The van der Waals surface area contributed by atoms with Crippen LogP contribution in [0.3, 0.4) is 0 Å². The minimum Gasteiger partial charge on any atom is -0.507 e. The number of amides is 1. The molecule has 0 aliphatic heterocycles. The lowest BCUT2D eigenvalue weighted by molar-refractivity contribution is 0.102. The number of H-pyrrole nitrogens is 1. The summed E-state index contributed by atoms with van der Waals surface area (Å²) < 4.78 is 12.9. The predicted octanol–water partition coefficient (Wildman–Crippen LogP) is 1.82. The number of nitrogens with one attached hydrogen (secondary N) is 2. The van der Waals surface area contributed by atoms with Crippen molar-refractivity contribution < 1.29 is 14.3 Å². The van der Waals surface area contributed by atoms with Gasteiger partial charge >= 0.3 is 0 Å². The smallest absolute Gasteiger partial charge is 0.260 e. The van der Waals surface area contributed by atoms with E-state index in [0.717, 1.165) is 23.9 Å². The second-order valence-corrected chi connectivity index (χ2v) is 3.55. The lowest BCUT2D eigenvalue weighted by Gasteiger charge is -2.04. The molecule has 3 N–H and O–H groups in total. The zero-order chi connectivity index (χ0) is 12.4. The van der Waals surface area contributed by atoms with E-state index in [9.17, 15) is 14.3 Å². The third kappa shape index (κ3) is 2.41. The maximum absolute atomic E-state index is 12.9. The Hall–Kier alpha value is -2.37. The molecule has 0 unspecified atom stereocenters. The summed E-state index contributed by atoms with van der Waals surface area (Å²) in [5.74, 6) is -1.17. The lowest BCUT2D eigenvalue weighted by atomic mass is 10.2. The third-order valence-corrected chi connectivity index (χ3v) is 2.15. The fraction of sp³-hybridized carbons (Fsp3) is 0.0909. The molecule has 0 atom stereocenters. The molecule has 0 radical (unpaired) electrons. The maximum Gasteiger partial charge on any atom is 0.260 e. The first-order chi connectivity index (χ1) is 8.06. The summed E-state index contributed by atoms with van der Waals surface area (Å²) >= 11 is 0. The number of aromatic nitrogens is 2. The van der Waals surface area contributed by atoms with Gasteiger partial charge in [0.25, 0.3) is 5.91 Å². The molecule has 6 heteroatoms. The first-order valence-corrected chi connectivity index (χ1v) is 4.88. The molecule has 1 aromatic carbocycles. The van der Waals surface area contributed by atoms with Crippen molar-refractivity contribution >= 4 is 11.7 Å². The molecule has 2 rings (SSSR count). The van der Waals surface area contributed by atoms with Crippen LogP contribution in [0, 0.1) is 12.7 Å². The van der Waals surface area contributed by atoms with E-state index >= 15 is 0 Å². The van der Waals surface area contributed by atoms with E-state index in [1.165, 1.54) is 0 Å². The number of carbonyl (C=O) groups is 1. The average Bonchev–Trinajstić information content (AvgIpc) is 2.67. The van der Waals surface area contributed by atoms with Crippen molar-refractivity contribution in [1.29, 1.82) is 0 Å². The van der Waals surface area contributed by atoms with Crippen LogP contribution in [0.25, 0.3) is 0 Å². The minimum absolute atomic E-state index is 0.134. The highest BCUT2D eigenvalue weighted by molar-refractivity contribution is 6.05. The lowest BCUT2D eigenvalue weighted by Crippen LogP contribution is -2.12. The van der Waals surface area contributed by atoms with Crippen molar-refractivity contribution in [3.05, 3.63) is 41.3 Å². The standard InChI is InChI=1S/C11H10FN3O2/c1-6-4-10(15-14-6)13-11(17)8-5-7(12)2-3-9(8)16/h2-5,16H,1H3,(H2,13,14,15,17). The van der Waals surface area contributed by atoms with Gasteiger partial charge in [-0.15, -0.1) is 0 Å². The second-order valence-electron chi connectivity index (χ2n) is 3.55. The summed E-state index contributed by atoms with van der Waals surface area (Å²) in [5.41, 5.74) is 0.648. The Kier molecular flexibility index (Phi) is 2.78. The number of anilines is 1. The Bertz CT molecular complexity index is 566. The highest BCUT2D eigenvalue weighted by atomic mass is 19.1. The van der Waals surface area contributed by atoms with Crippen LogP contribution in [0.5, 0.6) is 5.75 Å². The zero-order valence-electron chi connectivity index (χ0n) is 8.99. The van der Waals surface area contributed by atoms with Crippen LogP contribution in [0.2, 0.25) is 0 Å². The molecule has 5 nitrogen and oxygen atoms in total. The number of aromatic hydroxyl groups is 1. The quantitative estimate of drug-likeness (QED) is 0.742. The number of halogens is 1. The van der Waals surface area contributed by atoms with Gasteiger partial charge in [-0.05, 0) is 25.1 Å². The molecule has 1 aromatic heterocycles. The van der Waals surface area contributed by atoms with Crippen molar-refractivity contribution in [2.75, 3.05) is 5.32 Å². The topological polar surface area (TPSA) is 78.0 Å². The molecule has 2 aromatic rings. The largest absolute Gasteiger partial charge is 0.507 e. The number of aromatic amines is 1. The minimum atomic E-state index is -0.617. The predicted molar refractivity (Wildman–Crippen MR) is 59.3 cm³/mol. The Morgan fingerprint density at radius 3 is 2.88 bits per heavy atom. The normalized spacial score (nSPS) is 10.2. The molecule has 0 saturated heterocycles. The molecule has 0 aliphatic carbocycles. The van der Waals surface area contributed by atoms with Gasteiger partial charge in [-0.3, -0.25) is 9.89 Å². The molecular formula is C11H10FN3O2. The van der Waals surface area contributed by atoms with Crippen molar-refractivity contribution in [3.8, 4) is 5.75 Å². The Labute approximate surface area is 96.3 Å². The highest BCUT2D eigenvalue weighted by Crippen LogP contribution is 2.19. The zero-order valence-corrected chi connectivity index (χ0v) is 8.99. The number of phenols is 1. The van der Waals surface area contributed by atoms with Crippen LogP contribution in [0.1, 0.15) is 16.1 Å². The summed E-state index contributed by atoms with van der Waals surface area (Å²) in [7, 11) is 0. The number of rotatable bonds is 2. The summed E-state index contributed by atoms with van der Waals surface area (Å²) in [4.78, 5) is 11.7. The van der Waals surface area contributed by atoms with E-state index < -0.39 is 11.7 Å². The van der Waals surface area contributed by atoms with Crippen molar-refractivity contribution in [1.82, 2.24) is 10.2 Å². The van der Waals surface area contributed by atoms with E-state index in [-0.39, 0.29) is 11.3 Å². The fourth-order valence-electron chi connectivity index (χ4n) is 1.36. The number of hydrogen-bond acceptors (Lipinski definition) is 3. The number of nitrogens with zero attached hydrogens (tertiary/aromatic N) is 1. The van der Waals surface area contributed by atoms with Crippen LogP contribution < -0.4 is 5.32 Å². The van der Waals surface area contributed by atoms with Gasteiger partial charge in [0.15, 0.2) is 5.82 Å². The molecular weight excluding hydrogens is 225 g/mol. The summed E-state index contributed by atoms with van der Waals surface area (Å²) in [5, 5.41) is 18.3. The molecule has 0 spiro atoms. The van der Waals surface area contributed by atoms with Crippen molar-refractivity contribution in [2.45, 2.75) is 6.92 Å². The number of benzene rings is 1. The second kappa shape index (κ2) is 4.25. The first-order valence-electron chi connectivity index (χ1n) is 4.88. The van der Waals surface area contributed by atoms with Gasteiger partial charge < -0.3 is 10.4 Å². The monoisotopic (exact) mass is 235 g/mol. The van der Waals surface area contributed by atoms with Gasteiger partial charge in [0.1, 0.15) is 11.6 Å². The SMILES string of the molecule is Cc1cc(NC(=O)c2cc(F)ccc2O)n[nH]1. The van der Waals surface area contributed by atoms with Gasteiger partial charge in [-0.2, -0.15) is 5.10 Å². The van der Waals surface area contributed by atoms with Crippen LogP contribution in [0.15, 0.2) is 24.3 Å². The van der Waals surface area contributed by atoms with E-state index in [1.807, 2.05) is 0 Å². The molecule has 17 heavy (non-hydrogen) atoms. The summed E-state index contributed by atoms with van der Waals surface area (Å²) in [6, 6.07) is 4.78. The number of carbonyl (C=O) groups excluding carboxylic acids is 1. The molecule has 0 aliphatic rings. The van der Waals surface area contributed by atoms with Gasteiger partial charge in [0.05, 0.1) is 5.56 Å². The number of phenolic OH excluding ortho intramolecular Hbond substituents is 1. The maximum atomic E-state index is 12.9. The molecule has 0 bridgehead atoms. The van der Waals surface area contributed by atoms with Gasteiger partial charge in [-0.25, -0.2) is 4.39 Å². The first kappa shape index (κ1) is 11.1. The van der Waals surface area contributed by atoms with E-state index in [2.05, 4.69) is 15.5 Å². The van der Waals surface area contributed by atoms with Crippen molar-refractivity contribution in [3.63, 3.8) is 0 Å². The van der Waals surface area contributed by atoms with Crippen LogP contribution in [0.4, 0.5) is 10.2 Å². The van der Waals surface area contributed by atoms with E-state index in [0.29, 0.717) is 5.82 Å². The average molecular weight is 235 g/mol. The molecule has 0 saturated carbocycles. The van der Waals surface area contributed by atoms with Gasteiger partial charge in [0.2, 0.25) is 0 Å². The third-order valence-electron chi connectivity index (χ3n) is 2.15. The van der Waals surface area contributed by atoms with Crippen molar-refractivity contribution in [2.24, 2.45) is 0 Å². The van der Waals surface area contributed by atoms with E-state index in [1.54, 1.807) is 13.0 Å². The van der Waals surface area contributed by atoms with Crippen LogP contribution in [-0.4, -0.2) is 21.2 Å². The number of hydrogen-bond donors (Lipinski definition) is 3. The molecule has 88 valence electrons. The van der Waals surface area contributed by atoms with Gasteiger partial charge in [0, 0.05) is 11.8 Å². The molecule has 1 heterocycles. The Morgan fingerprint density at radius 1 is 1.47 bits per heavy atom. The number of aryl methyl sites for hydroxylation is 1.